The Kier molecular flexibility index (Phi) is 2.57. The predicted molar refractivity (Wildman–Crippen MR) is 50.8 cm³/mol. The first-order valence-electron chi connectivity index (χ1n) is 5.45. The van der Waals surface area contributed by atoms with Crippen LogP contribution in [0.4, 0.5) is 0 Å². The second-order valence-corrected chi connectivity index (χ2v) is 4.50. The van der Waals surface area contributed by atoms with Crippen LogP contribution >= 0.6 is 0 Å². The molecular weight excluding hydrogens is 180 g/mol. The molecule has 0 aromatic heterocycles. The first-order chi connectivity index (χ1) is 6.70. The number of carbonyl (C=O) groups excluding carboxylic acids is 1. The zero-order valence-electron chi connectivity index (χ0n) is 8.24. The van der Waals surface area contributed by atoms with E-state index in [4.69, 9.17) is 5.11 Å². The molecule has 3 heteroatoms. The summed E-state index contributed by atoms with van der Waals surface area (Å²) in [7, 11) is 0. The number of ketones is 1. The van der Waals surface area contributed by atoms with Crippen molar-refractivity contribution in [3.63, 3.8) is 0 Å². The van der Waals surface area contributed by atoms with E-state index in [9.17, 15) is 9.59 Å². The van der Waals surface area contributed by atoms with Gasteiger partial charge in [0.25, 0.3) is 0 Å². The quantitative estimate of drug-likeness (QED) is 0.696. The topological polar surface area (TPSA) is 54.4 Å². The lowest BCUT2D eigenvalue weighted by molar-refractivity contribution is -0.149. The molecule has 2 aliphatic carbocycles. The summed E-state index contributed by atoms with van der Waals surface area (Å²) in [5.41, 5.74) is 0. The largest absolute Gasteiger partial charge is 0.481 e. The van der Waals surface area contributed by atoms with E-state index in [0.29, 0.717) is 18.6 Å². The molecule has 78 valence electrons. The number of carboxylic acids is 1. The van der Waals surface area contributed by atoms with Gasteiger partial charge in [-0.15, -0.1) is 0 Å². The Balaban J connectivity index is 2.16. The lowest BCUT2D eigenvalue weighted by Crippen LogP contribution is -2.40. The van der Waals surface area contributed by atoms with Crippen LogP contribution in [0.2, 0.25) is 0 Å². The van der Waals surface area contributed by atoms with Crippen LogP contribution in [0.15, 0.2) is 0 Å². The van der Waals surface area contributed by atoms with Gasteiger partial charge >= 0.3 is 5.97 Å². The second kappa shape index (κ2) is 3.71. The molecule has 2 saturated carbocycles. The Morgan fingerprint density at radius 2 is 1.93 bits per heavy atom. The van der Waals surface area contributed by atoms with Gasteiger partial charge in [-0.1, -0.05) is 12.8 Å². The van der Waals surface area contributed by atoms with Gasteiger partial charge in [-0.3, -0.25) is 9.59 Å². The fourth-order valence-corrected chi connectivity index (χ4v) is 3.04. The number of hydrogen-bond donors (Lipinski definition) is 1. The molecule has 3 atom stereocenters. The third-order valence-corrected chi connectivity index (χ3v) is 3.77. The summed E-state index contributed by atoms with van der Waals surface area (Å²) in [6.07, 6.45) is 5.10. The Labute approximate surface area is 83.5 Å². The van der Waals surface area contributed by atoms with E-state index in [2.05, 4.69) is 0 Å². The fourth-order valence-electron chi connectivity index (χ4n) is 3.04. The summed E-state index contributed by atoms with van der Waals surface area (Å²) in [6.45, 7) is 0. The summed E-state index contributed by atoms with van der Waals surface area (Å²) in [6, 6.07) is 0. The minimum atomic E-state index is -0.700. The third-order valence-electron chi connectivity index (χ3n) is 3.77. The van der Waals surface area contributed by atoms with Gasteiger partial charge in [0.2, 0.25) is 0 Å². The van der Waals surface area contributed by atoms with Crippen molar-refractivity contribution in [3.05, 3.63) is 0 Å². The van der Waals surface area contributed by atoms with Crippen molar-refractivity contribution in [3.8, 4) is 0 Å². The summed E-state index contributed by atoms with van der Waals surface area (Å²) < 4.78 is 0. The molecule has 3 nitrogen and oxygen atoms in total. The van der Waals surface area contributed by atoms with Crippen molar-refractivity contribution in [2.24, 2.45) is 17.8 Å². The van der Waals surface area contributed by atoms with Crippen LogP contribution in [0, 0.1) is 17.8 Å². The van der Waals surface area contributed by atoms with Gasteiger partial charge in [0, 0.05) is 12.3 Å². The van der Waals surface area contributed by atoms with E-state index >= 15 is 0 Å². The molecule has 2 fully saturated rings. The minimum Gasteiger partial charge on any atom is -0.481 e. The molecule has 14 heavy (non-hydrogen) atoms. The number of hydrogen-bond acceptors (Lipinski definition) is 2. The molecule has 0 heterocycles. The summed E-state index contributed by atoms with van der Waals surface area (Å²) in [4.78, 5) is 22.6. The number of aliphatic carboxylic acids is 1. The van der Waals surface area contributed by atoms with Crippen molar-refractivity contribution >= 4 is 11.8 Å². The Bertz CT molecular complexity index is 257. The highest BCUT2D eigenvalue weighted by Gasteiger charge is 2.42. The van der Waals surface area contributed by atoms with Crippen LogP contribution in [0.5, 0.6) is 0 Å². The Hall–Kier alpha value is -0.860. The number of rotatable bonds is 1. The average Bonchev–Trinajstić information content (AvgIpc) is 2.18. The zero-order valence-corrected chi connectivity index (χ0v) is 8.24. The molecule has 0 radical (unpaired) electrons. The minimum absolute atomic E-state index is 0.0681. The van der Waals surface area contributed by atoms with Crippen molar-refractivity contribution in [2.45, 2.75) is 38.5 Å². The molecule has 0 aromatic carbocycles. The van der Waals surface area contributed by atoms with Gasteiger partial charge in [-0.05, 0) is 25.2 Å². The van der Waals surface area contributed by atoms with E-state index in [1.807, 2.05) is 0 Å². The molecule has 0 aromatic rings. The van der Waals surface area contributed by atoms with Crippen molar-refractivity contribution in [1.29, 1.82) is 0 Å². The molecule has 2 rings (SSSR count). The smallest absolute Gasteiger partial charge is 0.306 e. The normalized spacial score (nSPS) is 37.7. The van der Waals surface area contributed by atoms with Gasteiger partial charge < -0.3 is 5.11 Å². The van der Waals surface area contributed by atoms with Gasteiger partial charge in [0.1, 0.15) is 5.78 Å². The number of Topliss-reactive ketones (excluding diaryl/α,β-unsaturated/α-hetero) is 1. The molecule has 2 aliphatic rings. The first kappa shape index (κ1) is 9.69. The maximum absolute atomic E-state index is 11.6. The fraction of sp³-hybridized carbons (Fsp3) is 0.818. The molecule has 1 N–H and O–H groups in total. The molecule has 0 unspecified atom stereocenters. The van der Waals surface area contributed by atoms with Crippen LogP contribution < -0.4 is 0 Å². The Morgan fingerprint density at radius 1 is 1.21 bits per heavy atom. The lowest BCUT2D eigenvalue weighted by Gasteiger charge is -2.38. The SMILES string of the molecule is O=C(O)[C@H]1CCC(=O)[C@H]2CCCC[C@H]12. The lowest BCUT2D eigenvalue weighted by atomic mass is 9.65. The standard InChI is InChI=1S/C11H16O3/c12-10-6-5-9(11(13)14)7-3-1-2-4-8(7)10/h7-9H,1-6H2,(H,13,14)/t7-,8-,9-/m0/s1. The van der Waals surface area contributed by atoms with E-state index in [1.165, 1.54) is 0 Å². The average molecular weight is 196 g/mol. The maximum Gasteiger partial charge on any atom is 0.306 e. The number of carboxylic acid groups (broad SMARTS) is 1. The van der Waals surface area contributed by atoms with Crippen LogP contribution in [0.25, 0.3) is 0 Å². The van der Waals surface area contributed by atoms with Crippen LogP contribution in [-0.2, 0) is 9.59 Å². The summed E-state index contributed by atoms with van der Waals surface area (Å²) in [5, 5.41) is 9.05. The van der Waals surface area contributed by atoms with Crippen LogP contribution in [-0.4, -0.2) is 16.9 Å². The van der Waals surface area contributed by atoms with Crippen LogP contribution in [0.3, 0.4) is 0 Å². The predicted octanol–water partition coefficient (Wildman–Crippen LogP) is 1.86. The molecule has 0 spiro atoms. The first-order valence-corrected chi connectivity index (χ1v) is 5.45. The zero-order chi connectivity index (χ0) is 10.1. The van der Waals surface area contributed by atoms with Crippen LogP contribution in [0.1, 0.15) is 38.5 Å². The van der Waals surface area contributed by atoms with E-state index in [1.54, 1.807) is 0 Å². The molecule has 0 saturated heterocycles. The maximum atomic E-state index is 11.6. The highest BCUT2D eigenvalue weighted by molar-refractivity contribution is 5.84. The molecule has 0 aliphatic heterocycles. The van der Waals surface area contributed by atoms with E-state index in [0.717, 1.165) is 25.7 Å². The molecule has 0 bridgehead atoms. The molecule has 0 amide bonds. The summed E-state index contributed by atoms with van der Waals surface area (Å²) in [5.74, 6) is -0.430. The van der Waals surface area contributed by atoms with Crippen molar-refractivity contribution in [2.75, 3.05) is 0 Å². The number of fused-ring (bicyclic) bond motifs is 1. The third kappa shape index (κ3) is 1.56. The highest BCUT2D eigenvalue weighted by Crippen LogP contribution is 2.42. The monoisotopic (exact) mass is 196 g/mol. The summed E-state index contributed by atoms with van der Waals surface area (Å²) >= 11 is 0. The van der Waals surface area contributed by atoms with Gasteiger partial charge in [0.15, 0.2) is 0 Å². The van der Waals surface area contributed by atoms with E-state index < -0.39 is 5.97 Å². The highest BCUT2D eigenvalue weighted by atomic mass is 16.4. The van der Waals surface area contributed by atoms with Gasteiger partial charge in [0.05, 0.1) is 5.92 Å². The second-order valence-electron chi connectivity index (χ2n) is 4.50. The van der Waals surface area contributed by atoms with Gasteiger partial charge in [-0.2, -0.15) is 0 Å². The van der Waals surface area contributed by atoms with Crippen molar-refractivity contribution < 1.29 is 14.7 Å². The van der Waals surface area contributed by atoms with E-state index in [-0.39, 0.29) is 17.8 Å². The Morgan fingerprint density at radius 3 is 2.64 bits per heavy atom. The molecular formula is C11H16O3. The van der Waals surface area contributed by atoms with Crippen molar-refractivity contribution in [1.82, 2.24) is 0 Å². The van der Waals surface area contributed by atoms with Gasteiger partial charge in [-0.25, -0.2) is 0 Å². The number of carbonyl (C=O) groups is 2.